The number of rotatable bonds is 21. The molecule has 14 bridgehead atoms. The van der Waals surface area contributed by atoms with E-state index in [2.05, 4.69) is 0 Å². The van der Waals surface area contributed by atoms with Crippen molar-refractivity contribution >= 4 is 0 Å². The zero-order valence-corrected chi connectivity index (χ0v) is 53.7. The SMILES string of the molecule is COC[C@H]1O[C@@H]2OC3[C@@H](O)[C@@H](OC)[C@@H](OC4[C@@H](O)[C@@H](OC)[C@@H](OC5[C@@H](O)[C@@H](OC)[C@@H](OC6[C@@H](COC)O[C@H](O[C@H]7[C@@H](O)[C@@H](OC)[C@@H](O[C@H]8[C@@H](O)[C@@H](OC)[C@@H](OC1[C@@H](O)[C@H]2OC)O[C@@H]8COC)O[C@@H]7COC)[C@@H](OC)[C@H]6O)O[C@@H]5COC)O[C@@H]4COC)O[C@@H]3COC. The summed E-state index contributed by atoms with van der Waals surface area (Å²) in [5.41, 5.74) is 0. The van der Waals surface area contributed by atoms with Gasteiger partial charge >= 0.3 is 0 Å². The monoisotopic (exact) mass is 1330 g/mol. The van der Waals surface area contributed by atoms with Gasteiger partial charge in [0.2, 0.25) is 0 Å². The van der Waals surface area contributed by atoms with Crippen LogP contribution in [0.15, 0.2) is 0 Å². The Labute approximate surface area is 528 Å². The zero-order valence-electron chi connectivity index (χ0n) is 53.7. The van der Waals surface area contributed by atoms with Gasteiger partial charge in [-0.05, 0) is 0 Å². The van der Waals surface area contributed by atoms with E-state index in [9.17, 15) is 35.7 Å². The minimum Gasteiger partial charge on any atom is -0.387 e. The Morgan fingerprint density at radius 1 is 0.187 bits per heavy atom. The van der Waals surface area contributed by atoms with Gasteiger partial charge in [0.15, 0.2) is 44.0 Å². The first-order chi connectivity index (χ1) is 43.9. The molecular formula is C56H98O35. The maximum absolute atomic E-state index is 12.3. The standard InChI is InChI=1S/C56H98O35/c1-64-15-22-36-29(57)43(71-8)50(78-22)86-37-23(16-65-2)80-52(45(73-10)30(37)58)88-39-25(18-67-4)82-54(47(75-12)32(39)60)90-41-27(20-69-6)84-56(49(77-14)34(41)62)91-42-28(21-70-7)83-55(48(76-13)35(42)63)89-40-26(19-68-5)81-53(46(74-11)33(40)61)87-38-24(17-66-3)79-51(85-36)44(72-9)31(38)59/h22-63H,15-21H2,1-14H3/t22-,23-,24-,25-,26-,27-,28-,29-,30-,31-,32-,33-,34-,35+,36?,37?,38-,39?,40-,41?,42?,43-,44-,45-,46-,47-,48+,49-,50-,51-,52-,53-,54-,55-,56-/m1/s1. The molecule has 35 heteroatoms. The molecule has 21 aliphatic heterocycles. The summed E-state index contributed by atoms with van der Waals surface area (Å²) in [5, 5.41) is 86.2. The summed E-state index contributed by atoms with van der Waals surface area (Å²) in [5.74, 6) is 0. The third-order valence-electron chi connectivity index (χ3n) is 17.6. The molecule has 21 saturated heterocycles. The fraction of sp³-hybridized carbons (Fsp3) is 1.00. The molecule has 0 saturated carbocycles. The Morgan fingerprint density at radius 2 is 0.297 bits per heavy atom. The molecular weight excluding hydrogens is 1230 g/mol. The number of aliphatic hydroxyl groups is 7. The van der Waals surface area contributed by atoms with Crippen LogP contribution in [0.25, 0.3) is 0 Å². The lowest BCUT2D eigenvalue weighted by molar-refractivity contribution is -0.400. The van der Waals surface area contributed by atoms with Gasteiger partial charge < -0.3 is 168 Å². The van der Waals surface area contributed by atoms with Crippen LogP contribution < -0.4 is 0 Å². The highest BCUT2D eigenvalue weighted by atomic mass is 16.8. The van der Waals surface area contributed by atoms with Gasteiger partial charge in [0.05, 0.1) is 46.2 Å². The highest BCUT2D eigenvalue weighted by Gasteiger charge is 2.61. The van der Waals surface area contributed by atoms with E-state index in [0.29, 0.717) is 0 Å². The molecule has 532 valence electrons. The third kappa shape index (κ3) is 16.3. The molecule has 0 spiro atoms. The maximum atomic E-state index is 12.3. The summed E-state index contributed by atoms with van der Waals surface area (Å²) in [6.07, 6.45) is -49.4. The quantitative estimate of drug-likeness (QED) is 0.0562. The van der Waals surface area contributed by atoms with Crippen LogP contribution in [0.5, 0.6) is 0 Å². The van der Waals surface area contributed by atoms with E-state index in [0.717, 1.165) is 0 Å². The summed E-state index contributed by atoms with van der Waals surface area (Å²) in [4.78, 5) is 0. The second kappa shape index (κ2) is 35.4. The van der Waals surface area contributed by atoms with Crippen LogP contribution in [0.3, 0.4) is 0 Å². The highest BCUT2D eigenvalue weighted by Crippen LogP contribution is 2.41. The predicted molar refractivity (Wildman–Crippen MR) is 295 cm³/mol. The number of hydrogen-bond acceptors (Lipinski definition) is 35. The fourth-order valence-corrected chi connectivity index (χ4v) is 13.1. The minimum atomic E-state index is -1.62. The Balaban J connectivity index is 1.17. The van der Waals surface area contributed by atoms with Crippen molar-refractivity contribution in [2.45, 2.75) is 215 Å². The molecule has 0 aliphatic carbocycles. The molecule has 0 radical (unpaired) electrons. The van der Waals surface area contributed by atoms with E-state index in [1.165, 1.54) is 99.5 Å². The Hall–Kier alpha value is -1.40. The maximum Gasteiger partial charge on any atom is 0.187 e. The number of hydrogen-bond donors (Lipinski definition) is 7. The van der Waals surface area contributed by atoms with Crippen LogP contribution >= 0.6 is 0 Å². The van der Waals surface area contributed by atoms with Crippen LogP contribution in [0, 0.1) is 0 Å². The average Bonchev–Trinajstić information content (AvgIpc) is 0.809. The second-order valence-corrected chi connectivity index (χ2v) is 23.0. The van der Waals surface area contributed by atoms with Gasteiger partial charge in [-0.3, -0.25) is 0 Å². The first kappa shape index (κ1) is 75.4. The van der Waals surface area contributed by atoms with Crippen molar-refractivity contribution in [2.24, 2.45) is 0 Å². The predicted octanol–water partition coefficient (Wildman–Crippen LogP) is -6.07. The topological polar surface area (TPSA) is 400 Å². The molecule has 91 heavy (non-hydrogen) atoms. The van der Waals surface area contributed by atoms with Gasteiger partial charge in [0.25, 0.3) is 0 Å². The van der Waals surface area contributed by atoms with Crippen molar-refractivity contribution in [3.05, 3.63) is 0 Å². The van der Waals surface area contributed by atoms with Gasteiger partial charge in [-0.25, -0.2) is 0 Å². The molecule has 21 heterocycles. The van der Waals surface area contributed by atoms with Crippen LogP contribution in [-0.2, 0) is 133 Å². The first-order valence-corrected chi connectivity index (χ1v) is 30.0. The molecule has 35 nitrogen and oxygen atoms in total. The highest BCUT2D eigenvalue weighted by molar-refractivity contribution is 5.03. The molecule has 0 aromatic carbocycles. The van der Waals surface area contributed by atoms with Crippen molar-refractivity contribution < 1.29 is 168 Å². The number of ether oxygens (including phenoxy) is 28. The third-order valence-corrected chi connectivity index (χ3v) is 17.6. The average molecular weight is 1330 g/mol. The Bertz CT molecular complexity index is 1680. The lowest BCUT2D eigenvalue weighted by Gasteiger charge is -2.51. The summed E-state index contributed by atoms with van der Waals surface area (Å²) in [6.45, 7) is -1.59. The smallest absolute Gasteiger partial charge is 0.187 e. The Morgan fingerprint density at radius 3 is 0.385 bits per heavy atom. The van der Waals surface area contributed by atoms with Gasteiger partial charge in [-0.15, -0.1) is 0 Å². The second-order valence-electron chi connectivity index (χ2n) is 23.0. The molecule has 21 fully saturated rings. The first-order valence-electron chi connectivity index (χ1n) is 30.0. The van der Waals surface area contributed by atoms with Crippen molar-refractivity contribution in [3.8, 4) is 0 Å². The largest absolute Gasteiger partial charge is 0.387 e. The summed E-state index contributed by atoms with van der Waals surface area (Å²) >= 11 is 0. The summed E-state index contributed by atoms with van der Waals surface area (Å²) in [6, 6.07) is 0. The van der Waals surface area contributed by atoms with E-state index in [1.807, 2.05) is 0 Å². The normalized spacial score (nSPS) is 48.7. The minimum absolute atomic E-state index is 0.227. The van der Waals surface area contributed by atoms with E-state index in [4.69, 9.17) is 133 Å². The van der Waals surface area contributed by atoms with E-state index >= 15 is 0 Å². The van der Waals surface area contributed by atoms with Gasteiger partial charge in [-0.1, -0.05) is 0 Å². The van der Waals surface area contributed by atoms with E-state index in [-0.39, 0.29) is 46.2 Å². The molecule has 21 aliphatic rings. The summed E-state index contributed by atoms with van der Waals surface area (Å²) < 4.78 is 171. The van der Waals surface area contributed by atoms with Gasteiger partial charge in [-0.2, -0.15) is 0 Å². The molecule has 21 rings (SSSR count). The lowest BCUT2D eigenvalue weighted by Crippen LogP contribution is -2.69. The molecule has 5 unspecified atom stereocenters. The molecule has 0 aromatic heterocycles. The van der Waals surface area contributed by atoms with Gasteiger partial charge in [0.1, 0.15) is 171 Å². The van der Waals surface area contributed by atoms with Crippen LogP contribution in [0.1, 0.15) is 0 Å². The van der Waals surface area contributed by atoms with Gasteiger partial charge in [0, 0.05) is 99.5 Å². The van der Waals surface area contributed by atoms with E-state index < -0.39 is 215 Å². The zero-order chi connectivity index (χ0) is 66.0. The molecule has 0 aromatic rings. The summed E-state index contributed by atoms with van der Waals surface area (Å²) in [7, 11) is 18.7. The van der Waals surface area contributed by atoms with Crippen LogP contribution in [0.4, 0.5) is 0 Å². The fourth-order valence-electron chi connectivity index (χ4n) is 13.1. The molecule has 7 N–H and O–H groups in total. The molecule has 0 amide bonds. The van der Waals surface area contributed by atoms with Crippen molar-refractivity contribution in [3.63, 3.8) is 0 Å². The van der Waals surface area contributed by atoms with Crippen molar-refractivity contribution in [1.29, 1.82) is 0 Å². The Kier molecular flexibility index (Phi) is 29.3. The van der Waals surface area contributed by atoms with Crippen LogP contribution in [0.2, 0.25) is 0 Å². The van der Waals surface area contributed by atoms with Crippen LogP contribution in [-0.4, -0.2) is 396 Å². The number of methoxy groups -OCH3 is 14. The van der Waals surface area contributed by atoms with Crippen molar-refractivity contribution in [2.75, 3.05) is 146 Å². The van der Waals surface area contributed by atoms with Crippen molar-refractivity contribution in [1.82, 2.24) is 0 Å². The number of aliphatic hydroxyl groups excluding tert-OH is 7. The molecule has 35 atom stereocenters. The lowest BCUT2D eigenvalue weighted by atomic mass is 9.95. The van der Waals surface area contributed by atoms with E-state index in [1.54, 1.807) is 0 Å².